The highest BCUT2D eigenvalue weighted by Crippen LogP contribution is 2.25. The Kier molecular flexibility index (Phi) is 24.1. The Labute approximate surface area is 283 Å². The highest BCUT2D eigenvalue weighted by atomic mass is 35.5. The standard InChI is InChI=1S/C32H50Cl4N4S2/c33-29-13-11-14-30(34)27(29)25-39-19-9-5-1-3-7-17-37-21-23-41-42-24-22-38-18-8-4-2-6-10-20-40-26-28-31(35)15-12-16-32(28)36/h11-16,37-40H,1-10,17-26H2. The molecule has 0 atom stereocenters. The maximum Gasteiger partial charge on any atom is 0.0465 e. The molecule has 0 heterocycles. The highest BCUT2D eigenvalue weighted by molar-refractivity contribution is 8.76. The summed E-state index contributed by atoms with van der Waals surface area (Å²) in [5, 5.41) is 17.0. The fourth-order valence-electron chi connectivity index (χ4n) is 4.49. The summed E-state index contributed by atoms with van der Waals surface area (Å²) in [5.74, 6) is 2.35. The van der Waals surface area contributed by atoms with E-state index in [0.29, 0.717) is 0 Å². The molecular formula is C32H50Cl4N4S2. The van der Waals surface area contributed by atoms with Crippen molar-refractivity contribution >= 4 is 68.0 Å². The number of hydrogen-bond donors (Lipinski definition) is 4. The lowest BCUT2D eigenvalue weighted by Gasteiger charge is -2.09. The summed E-state index contributed by atoms with van der Waals surface area (Å²) in [5.41, 5.74) is 1.99. The number of nitrogens with one attached hydrogen (secondary N) is 4. The maximum absolute atomic E-state index is 6.21. The number of unbranched alkanes of at least 4 members (excludes halogenated alkanes) is 8. The SMILES string of the molecule is Clc1cccc(Cl)c1CNCCCCCCCNCCSSCCNCCCCCCCNCc1c(Cl)cccc1Cl. The van der Waals surface area contributed by atoms with Gasteiger partial charge in [0.25, 0.3) is 0 Å². The zero-order valence-electron chi connectivity index (χ0n) is 24.9. The molecule has 42 heavy (non-hydrogen) atoms. The lowest BCUT2D eigenvalue weighted by atomic mass is 10.1. The van der Waals surface area contributed by atoms with Crippen LogP contribution in [0.2, 0.25) is 20.1 Å². The molecule has 4 N–H and O–H groups in total. The van der Waals surface area contributed by atoms with Crippen LogP contribution in [0.3, 0.4) is 0 Å². The summed E-state index contributed by atoms with van der Waals surface area (Å²) < 4.78 is 0. The first kappa shape index (κ1) is 38.3. The second-order valence-electron chi connectivity index (χ2n) is 10.4. The van der Waals surface area contributed by atoms with E-state index in [0.717, 1.165) is 83.6 Å². The molecule has 0 saturated heterocycles. The predicted molar refractivity (Wildman–Crippen MR) is 193 cm³/mol. The van der Waals surface area contributed by atoms with E-state index in [1.807, 2.05) is 58.0 Å². The first-order valence-corrected chi connectivity index (χ1v) is 19.5. The van der Waals surface area contributed by atoms with Gasteiger partial charge in [0.1, 0.15) is 0 Å². The number of hydrogen-bond acceptors (Lipinski definition) is 6. The molecule has 4 nitrogen and oxygen atoms in total. The monoisotopic (exact) mass is 694 g/mol. The van der Waals surface area contributed by atoms with Crippen LogP contribution >= 0.6 is 68.0 Å². The number of rotatable bonds is 27. The Morgan fingerprint density at radius 2 is 0.714 bits per heavy atom. The molecule has 0 bridgehead atoms. The van der Waals surface area contributed by atoms with Crippen molar-refractivity contribution in [3.05, 3.63) is 67.6 Å². The molecule has 238 valence electrons. The van der Waals surface area contributed by atoms with Gasteiger partial charge in [-0.15, -0.1) is 0 Å². The van der Waals surface area contributed by atoms with Crippen LogP contribution in [0.15, 0.2) is 36.4 Å². The van der Waals surface area contributed by atoms with Gasteiger partial charge in [-0.2, -0.15) is 0 Å². The first-order chi connectivity index (χ1) is 20.6. The molecule has 0 spiro atoms. The van der Waals surface area contributed by atoms with Crippen molar-refractivity contribution < 1.29 is 0 Å². The Bertz CT molecular complexity index is 839. The van der Waals surface area contributed by atoms with Crippen molar-refractivity contribution in [2.75, 3.05) is 50.8 Å². The summed E-state index contributed by atoms with van der Waals surface area (Å²) in [6.45, 7) is 7.94. The molecule has 2 rings (SSSR count). The van der Waals surface area contributed by atoms with Crippen molar-refractivity contribution in [1.29, 1.82) is 0 Å². The molecule has 0 aliphatic heterocycles. The lowest BCUT2D eigenvalue weighted by Crippen LogP contribution is -2.19. The zero-order chi connectivity index (χ0) is 30.1. The maximum atomic E-state index is 6.21. The van der Waals surface area contributed by atoms with E-state index in [4.69, 9.17) is 46.4 Å². The third-order valence-corrected chi connectivity index (χ3v) is 10.8. The molecule has 0 saturated carbocycles. The Morgan fingerprint density at radius 1 is 0.405 bits per heavy atom. The molecule has 0 aliphatic carbocycles. The summed E-state index contributed by atoms with van der Waals surface area (Å²) in [6, 6.07) is 11.3. The second-order valence-corrected chi connectivity index (χ2v) is 14.8. The highest BCUT2D eigenvalue weighted by Gasteiger charge is 2.05. The minimum atomic E-state index is 0.735. The van der Waals surface area contributed by atoms with Gasteiger partial charge in [-0.05, 0) is 76.1 Å². The third kappa shape index (κ3) is 18.8. The second kappa shape index (κ2) is 26.4. The summed E-state index contributed by atoms with van der Waals surface area (Å²) in [7, 11) is 3.97. The summed E-state index contributed by atoms with van der Waals surface area (Å²) >= 11 is 24.8. The van der Waals surface area contributed by atoms with Gasteiger partial charge in [-0.3, -0.25) is 0 Å². The smallest absolute Gasteiger partial charge is 0.0465 e. The molecule has 0 amide bonds. The van der Waals surface area contributed by atoms with Crippen LogP contribution in [0.5, 0.6) is 0 Å². The average Bonchev–Trinajstić information content (AvgIpc) is 2.97. The van der Waals surface area contributed by atoms with Crippen LogP contribution < -0.4 is 21.3 Å². The van der Waals surface area contributed by atoms with Gasteiger partial charge in [-0.1, -0.05) is 119 Å². The molecule has 0 aliphatic rings. The average molecular weight is 697 g/mol. The predicted octanol–water partition coefficient (Wildman–Crippen LogP) is 9.64. The minimum absolute atomic E-state index is 0.735. The minimum Gasteiger partial charge on any atom is -0.316 e. The van der Waals surface area contributed by atoms with Crippen molar-refractivity contribution in [2.45, 2.75) is 77.3 Å². The molecule has 2 aromatic carbocycles. The van der Waals surface area contributed by atoms with Gasteiger partial charge in [-0.25, -0.2) is 0 Å². The van der Waals surface area contributed by atoms with Crippen molar-refractivity contribution in [1.82, 2.24) is 21.3 Å². The normalized spacial score (nSPS) is 11.4. The molecular weight excluding hydrogens is 646 g/mol. The van der Waals surface area contributed by atoms with E-state index in [1.165, 1.54) is 75.7 Å². The van der Waals surface area contributed by atoms with Gasteiger partial charge >= 0.3 is 0 Å². The van der Waals surface area contributed by atoms with E-state index >= 15 is 0 Å². The first-order valence-electron chi connectivity index (χ1n) is 15.5. The van der Waals surface area contributed by atoms with Crippen LogP contribution in [-0.4, -0.2) is 50.8 Å². The van der Waals surface area contributed by atoms with Crippen LogP contribution in [-0.2, 0) is 13.1 Å². The summed E-state index contributed by atoms with van der Waals surface area (Å²) in [6.07, 6.45) is 12.6. The van der Waals surface area contributed by atoms with E-state index in [2.05, 4.69) is 21.3 Å². The van der Waals surface area contributed by atoms with E-state index in [9.17, 15) is 0 Å². The van der Waals surface area contributed by atoms with Crippen molar-refractivity contribution in [3.63, 3.8) is 0 Å². The van der Waals surface area contributed by atoms with E-state index in [1.54, 1.807) is 0 Å². The van der Waals surface area contributed by atoms with Gasteiger partial charge in [0.05, 0.1) is 0 Å². The van der Waals surface area contributed by atoms with Crippen LogP contribution in [0.4, 0.5) is 0 Å². The zero-order valence-corrected chi connectivity index (χ0v) is 29.6. The third-order valence-electron chi connectivity index (χ3n) is 6.95. The quantitative estimate of drug-likeness (QED) is 0.0552. The Morgan fingerprint density at radius 3 is 1.07 bits per heavy atom. The molecule has 0 radical (unpaired) electrons. The molecule has 0 fully saturated rings. The van der Waals surface area contributed by atoms with Gasteiger partial charge in [0.2, 0.25) is 0 Å². The Hall–Kier alpha value is 0.140. The van der Waals surface area contributed by atoms with E-state index in [-0.39, 0.29) is 0 Å². The van der Waals surface area contributed by atoms with Crippen LogP contribution in [0, 0.1) is 0 Å². The molecule has 0 unspecified atom stereocenters. The molecule has 0 aromatic heterocycles. The fraction of sp³-hybridized carbons (Fsp3) is 0.625. The topological polar surface area (TPSA) is 48.1 Å². The molecule has 2 aromatic rings. The molecule has 10 heteroatoms. The van der Waals surface area contributed by atoms with Gasteiger partial charge in [0.15, 0.2) is 0 Å². The van der Waals surface area contributed by atoms with Crippen LogP contribution in [0.1, 0.15) is 75.3 Å². The van der Waals surface area contributed by atoms with Gasteiger partial charge < -0.3 is 21.3 Å². The Balaban J connectivity index is 1.21. The fourth-order valence-corrected chi connectivity index (χ4v) is 7.45. The van der Waals surface area contributed by atoms with Crippen molar-refractivity contribution in [3.8, 4) is 0 Å². The van der Waals surface area contributed by atoms with Crippen molar-refractivity contribution in [2.24, 2.45) is 0 Å². The summed E-state index contributed by atoms with van der Waals surface area (Å²) in [4.78, 5) is 0. The van der Waals surface area contributed by atoms with Gasteiger partial charge in [0, 0.05) is 68.9 Å². The van der Waals surface area contributed by atoms with E-state index < -0.39 is 0 Å². The largest absolute Gasteiger partial charge is 0.316 e. The van der Waals surface area contributed by atoms with Crippen LogP contribution in [0.25, 0.3) is 0 Å². The lowest BCUT2D eigenvalue weighted by molar-refractivity contribution is 0.561. The number of halogens is 4. The number of benzene rings is 2.